The van der Waals surface area contributed by atoms with Gasteiger partial charge in [0.05, 0.1) is 16.7 Å². The summed E-state index contributed by atoms with van der Waals surface area (Å²) in [7, 11) is 0. The van der Waals surface area contributed by atoms with E-state index in [-0.39, 0.29) is 23.8 Å². The van der Waals surface area contributed by atoms with E-state index in [0.717, 1.165) is 12.5 Å². The summed E-state index contributed by atoms with van der Waals surface area (Å²) in [4.78, 5) is 3.24. The molecule has 136 valence electrons. The van der Waals surface area contributed by atoms with E-state index in [1.807, 2.05) is 0 Å². The lowest BCUT2D eigenvalue weighted by Crippen LogP contribution is -2.29. The Hall–Kier alpha value is -1.83. The van der Waals surface area contributed by atoms with Gasteiger partial charge in [0, 0.05) is 5.39 Å². The minimum Gasteiger partial charge on any atom is -0.385 e. The maximum absolute atomic E-state index is 13.2. The van der Waals surface area contributed by atoms with Crippen molar-refractivity contribution in [2.24, 2.45) is 0 Å². The number of aromatic nitrogens is 1. The standard InChI is InChI=1S/C17H15F6NO/c18-16(19,20)11-6-4-5-10-12(15(25)7-2-1-3-8-15)9-13(17(21,22)23)24-14(10)11/h4-6,9,25H,1-3,7-8H2. The molecule has 0 saturated heterocycles. The van der Waals surface area contributed by atoms with E-state index in [0.29, 0.717) is 25.0 Å². The number of benzene rings is 1. The molecule has 1 fully saturated rings. The zero-order valence-electron chi connectivity index (χ0n) is 13.0. The number of fused-ring (bicyclic) bond motifs is 1. The van der Waals surface area contributed by atoms with Crippen LogP contribution in [0.1, 0.15) is 48.9 Å². The van der Waals surface area contributed by atoms with Crippen molar-refractivity contribution >= 4 is 10.9 Å². The number of aliphatic hydroxyl groups is 1. The predicted octanol–water partition coefficient (Wildman–Crippen LogP) is 5.42. The van der Waals surface area contributed by atoms with Gasteiger partial charge in [-0.3, -0.25) is 0 Å². The molecule has 0 radical (unpaired) electrons. The molecule has 1 aliphatic carbocycles. The van der Waals surface area contributed by atoms with Crippen LogP contribution in [0, 0.1) is 0 Å². The molecule has 0 spiro atoms. The van der Waals surface area contributed by atoms with Gasteiger partial charge in [0.1, 0.15) is 5.69 Å². The van der Waals surface area contributed by atoms with Gasteiger partial charge < -0.3 is 5.11 Å². The minimum absolute atomic E-state index is 0.0905. The molecule has 2 aromatic rings. The third-order valence-electron chi connectivity index (χ3n) is 4.62. The van der Waals surface area contributed by atoms with E-state index in [1.54, 1.807) is 0 Å². The average molecular weight is 363 g/mol. The van der Waals surface area contributed by atoms with Crippen LogP contribution >= 0.6 is 0 Å². The Balaban J connectivity index is 2.35. The third kappa shape index (κ3) is 3.31. The summed E-state index contributed by atoms with van der Waals surface area (Å²) in [5.74, 6) is 0. The van der Waals surface area contributed by atoms with E-state index >= 15 is 0 Å². The number of hydrogen-bond acceptors (Lipinski definition) is 2. The van der Waals surface area contributed by atoms with E-state index in [9.17, 15) is 31.4 Å². The summed E-state index contributed by atoms with van der Waals surface area (Å²) in [6, 6.07) is 3.79. The van der Waals surface area contributed by atoms with Gasteiger partial charge in [-0.2, -0.15) is 26.3 Å². The Labute approximate surface area is 139 Å². The van der Waals surface area contributed by atoms with Crippen molar-refractivity contribution in [1.29, 1.82) is 0 Å². The number of rotatable bonds is 1. The molecule has 1 N–H and O–H groups in total. The highest BCUT2D eigenvalue weighted by atomic mass is 19.4. The lowest BCUT2D eigenvalue weighted by atomic mass is 9.78. The lowest BCUT2D eigenvalue weighted by Gasteiger charge is -2.34. The first kappa shape index (κ1) is 18.0. The molecular weight excluding hydrogens is 348 g/mol. The molecule has 0 bridgehead atoms. The van der Waals surface area contributed by atoms with Crippen LogP contribution in [-0.2, 0) is 18.0 Å². The van der Waals surface area contributed by atoms with Crippen LogP contribution in [0.25, 0.3) is 10.9 Å². The fourth-order valence-corrected chi connectivity index (χ4v) is 3.41. The summed E-state index contributed by atoms with van der Waals surface area (Å²) in [5, 5.41) is 10.8. The monoisotopic (exact) mass is 363 g/mol. The van der Waals surface area contributed by atoms with Crippen LogP contribution < -0.4 is 0 Å². The molecule has 25 heavy (non-hydrogen) atoms. The first-order chi connectivity index (χ1) is 11.5. The van der Waals surface area contributed by atoms with Crippen molar-refractivity contribution in [3.8, 4) is 0 Å². The van der Waals surface area contributed by atoms with Gasteiger partial charge in [-0.15, -0.1) is 0 Å². The summed E-state index contributed by atoms with van der Waals surface area (Å²) in [6.45, 7) is 0. The van der Waals surface area contributed by atoms with Gasteiger partial charge in [0.15, 0.2) is 0 Å². The molecule has 8 heteroatoms. The van der Waals surface area contributed by atoms with Crippen LogP contribution in [0.3, 0.4) is 0 Å². The van der Waals surface area contributed by atoms with Crippen molar-refractivity contribution in [2.45, 2.75) is 50.1 Å². The van der Waals surface area contributed by atoms with Crippen LogP contribution in [-0.4, -0.2) is 10.1 Å². The van der Waals surface area contributed by atoms with Crippen molar-refractivity contribution in [1.82, 2.24) is 4.98 Å². The number of halogens is 6. The predicted molar refractivity (Wildman–Crippen MR) is 78.7 cm³/mol. The first-order valence-electron chi connectivity index (χ1n) is 7.83. The molecule has 1 aromatic carbocycles. The highest BCUT2D eigenvalue weighted by Gasteiger charge is 2.41. The van der Waals surface area contributed by atoms with Gasteiger partial charge >= 0.3 is 12.4 Å². The van der Waals surface area contributed by atoms with Crippen molar-refractivity contribution in [3.05, 3.63) is 41.1 Å². The van der Waals surface area contributed by atoms with Crippen molar-refractivity contribution in [2.75, 3.05) is 0 Å². The summed E-state index contributed by atoms with van der Waals surface area (Å²) in [6.07, 6.45) is -7.32. The fraction of sp³-hybridized carbons (Fsp3) is 0.471. The average Bonchev–Trinajstić information content (AvgIpc) is 2.52. The summed E-state index contributed by atoms with van der Waals surface area (Å²) in [5.41, 5.74) is -5.15. The normalized spacial score (nSPS) is 18.5. The van der Waals surface area contributed by atoms with Gasteiger partial charge in [0.25, 0.3) is 0 Å². The third-order valence-corrected chi connectivity index (χ3v) is 4.62. The highest BCUT2D eigenvalue weighted by molar-refractivity contribution is 5.86. The second-order valence-electron chi connectivity index (χ2n) is 6.34. The van der Waals surface area contributed by atoms with Crippen LogP contribution in [0.15, 0.2) is 24.3 Å². The lowest BCUT2D eigenvalue weighted by molar-refractivity contribution is -0.142. The van der Waals surface area contributed by atoms with Gasteiger partial charge in [0.2, 0.25) is 0 Å². The van der Waals surface area contributed by atoms with Gasteiger partial charge in [-0.1, -0.05) is 31.4 Å². The zero-order chi connectivity index (χ0) is 18.5. The SMILES string of the molecule is OC1(c2cc(C(F)(F)F)nc3c(C(F)(F)F)cccc23)CCCCC1. The zero-order valence-corrected chi connectivity index (χ0v) is 13.0. The van der Waals surface area contributed by atoms with Crippen molar-refractivity contribution < 1.29 is 31.4 Å². The smallest absolute Gasteiger partial charge is 0.385 e. The largest absolute Gasteiger partial charge is 0.433 e. The highest BCUT2D eigenvalue weighted by Crippen LogP contribution is 2.44. The number of pyridine rings is 1. The summed E-state index contributed by atoms with van der Waals surface area (Å²) < 4.78 is 79.3. The van der Waals surface area contributed by atoms with Gasteiger partial charge in [-0.25, -0.2) is 4.98 Å². The maximum Gasteiger partial charge on any atom is 0.433 e. The number of nitrogens with zero attached hydrogens (tertiary/aromatic N) is 1. The molecule has 1 aliphatic rings. The first-order valence-corrected chi connectivity index (χ1v) is 7.83. The number of hydrogen-bond donors (Lipinski definition) is 1. The van der Waals surface area contributed by atoms with Crippen LogP contribution in [0.4, 0.5) is 26.3 Å². The van der Waals surface area contributed by atoms with Gasteiger partial charge in [-0.05, 0) is 30.5 Å². The molecule has 2 nitrogen and oxygen atoms in total. The molecule has 0 unspecified atom stereocenters. The Morgan fingerprint density at radius 1 is 0.920 bits per heavy atom. The number of para-hydroxylation sites is 1. The van der Waals surface area contributed by atoms with E-state index in [4.69, 9.17) is 0 Å². The fourth-order valence-electron chi connectivity index (χ4n) is 3.41. The van der Waals surface area contributed by atoms with E-state index < -0.39 is 34.7 Å². The quantitative estimate of drug-likeness (QED) is 0.686. The Bertz CT molecular complexity index is 790. The topological polar surface area (TPSA) is 33.1 Å². The van der Waals surface area contributed by atoms with Crippen LogP contribution in [0.2, 0.25) is 0 Å². The molecule has 0 aliphatic heterocycles. The van der Waals surface area contributed by atoms with Crippen LogP contribution in [0.5, 0.6) is 0 Å². The number of alkyl halides is 6. The summed E-state index contributed by atoms with van der Waals surface area (Å²) >= 11 is 0. The second kappa shape index (κ2) is 5.86. The van der Waals surface area contributed by atoms with E-state index in [2.05, 4.69) is 4.98 Å². The Kier molecular flexibility index (Phi) is 4.21. The maximum atomic E-state index is 13.2. The Morgan fingerprint density at radius 3 is 2.12 bits per heavy atom. The molecular formula is C17H15F6NO. The Morgan fingerprint density at radius 2 is 1.56 bits per heavy atom. The van der Waals surface area contributed by atoms with E-state index in [1.165, 1.54) is 6.07 Å². The minimum atomic E-state index is -4.91. The molecule has 0 amide bonds. The molecule has 0 atom stereocenters. The molecule has 1 heterocycles. The van der Waals surface area contributed by atoms with Crippen molar-refractivity contribution in [3.63, 3.8) is 0 Å². The second-order valence-corrected chi connectivity index (χ2v) is 6.34. The molecule has 1 saturated carbocycles. The molecule has 3 rings (SSSR count). The molecule has 1 aromatic heterocycles.